The highest BCUT2D eigenvalue weighted by atomic mass is 16.5. The number of allylic oxidation sites excluding steroid dienone is 1. The maximum absolute atomic E-state index is 12.0. The summed E-state index contributed by atoms with van der Waals surface area (Å²) >= 11 is 0. The number of ether oxygens (including phenoxy) is 2. The first-order valence-electron chi connectivity index (χ1n) is 9.30. The van der Waals surface area contributed by atoms with E-state index in [1.807, 2.05) is 30.1 Å². The van der Waals surface area contributed by atoms with Crippen LogP contribution in [0.2, 0.25) is 0 Å². The van der Waals surface area contributed by atoms with E-state index >= 15 is 0 Å². The van der Waals surface area contributed by atoms with Crippen molar-refractivity contribution in [1.29, 1.82) is 0 Å². The van der Waals surface area contributed by atoms with Gasteiger partial charge < -0.3 is 14.8 Å². The number of nitrogens with zero attached hydrogens (tertiary/aromatic N) is 2. The molecule has 0 spiro atoms. The Bertz CT molecular complexity index is 927. The highest BCUT2D eigenvalue weighted by Gasteiger charge is 2.16. The molecule has 29 heavy (non-hydrogen) atoms. The van der Waals surface area contributed by atoms with Gasteiger partial charge in [0.1, 0.15) is 18.1 Å². The third kappa shape index (κ3) is 4.61. The van der Waals surface area contributed by atoms with Crippen LogP contribution >= 0.6 is 0 Å². The summed E-state index contributed by atoms with van der Waals surface area (Å²) in [6.45, 7) is 5.12. The summed E-state index contributed by atoms with van der Waals surface area (Å²) in [5, 5.41) is 5.80. The molecule has 2 amide bonds. The molecule has 1 aliphatic rings. The van der Waals surface area contributed by atoms with Crippen molar-refractivity contribution < 1.29 is 14.3 Å². The molecule has 0 saturated heterocycles. The Morgan fingerprint density at radius 3 is 2.69 bits per heavy atom. The molecule has 8 heteroatoms. The minimum absolute atomic E-state index is 0.231. The summed E-state index contributed by atoms with van der Waals surface area (Å²) in [5.74, 6) is 6.89. The molecule has 0 saturated carbocycles. The number of urea groups is 1. The van der Waals surface area contributed by atoms with Gasteiger partial charge in [0.2, 0.25) is 0 Å². The van der Waals surface area contributed by atoms with Crippen LogP contribution in [-0.2, 0) is 6.61 Å². The highest BCUT2D eigenvalue weighted by Crippen LogP contribution is 2.31. The number of anilines is 2. The lowest BCUT2D eigenvalue weighted by molar-refractivity contribution is 0.223. The second-order valence-corrected chi connectivity index (χ2v) is 6.81. The lowest BCUT2D eigenvalue weighted by Crippen LogP contribution is -2.37. The number of benzene rings is 2. The van der Waals surface area contributed by atoms with Crippen molar-refractivity contribution in [2.24, 2.45) is 5.84 Å². The number of rotatable bonds is 6. The molecule has 4 N–H and O–H groups in total. The molecule has 3 rings (SSSR count). The first-order chi connectivity index (χ1) is 13.9. The predicted molar refractivity (Wildman–Crippen MR) is 114 cm³/mol. The zero-order valence-corrected chi connectivity index (χ0v) is 17.2. The average molecular weight is 397 g/mol. The Hall–Kier alpha value is -3.23. The van der Waals surface area contributed by atoms with E-state index in [9.17, 15) is 4.79 Å². The van der Waals surface area contributed by atoms with Gasteiger partial charge >= 0.3 is 6.03 Å². The number of carbonyl (C=O) groups is 1. The second-order valence-electron chi connectivity index (χ2n) is 6.81. The number of carbonyl (C=O) groups excluding carboxylic acids is 1. The number of hydrogen-bond donors (Lipinski definition) is 3. The van der Waals surface area contributed by atoms with Crippen molar-refractivity contribution in [3.8, 4) is 11.5 Å². The van der Waals surface area contributed by atoms with Gasteiger partial charge in [0.15, 0.2) is 0 Å². The largest absolute Gasteiger partial charge is 0.496 e. The first kappa shape index (κ1) is 20.5. The van der Waals surface area contributed by atoms with Gasteiger partial charge in [-0.2, -0.15) is 0 Å². The molecule has 0 bridgehead atoms. The van der Waals surface area contributed by atoms with Crippen LogP contribution in [-0.4, -0.2) is 31.7 Å². The van der Waals surface area contributed by atoms with Crippen LogP contribution in [0.15, 0.2) is 48.2 Å². The minimum Gasteiger partial charge on any atom is -0.496 e. The lowest BCUT2D eigenvalue weighted by Gasteiger charge is -2.22. The van der Waals surface area contributed by atoms with Crippen LogP contribution < -0.4 is 31.1 Å². The number of nitrogens with two attached hydrogens (primary N) is 1. The van der Waals surface area contributed by atoms with E-state index in [1.54, 1.807) is 19.2 Å². The molecule has 154 valence electrons. The zero-order chi connectivity index (χ0) is 21.0. The van der Waals surface area contributed by atoms with Crippen molar-refractivity contribution in [3.05, 3.63) is 59.3 Å². The predicted octanol–water partition coefficient (Wildman–Crippen LogP) is 3.15. The summed E-state index contributed by atoms with van der Waals surface area (Å²) in [4.78, 5) is 12.0. The van der Waals surface area contributed by atoms with Crippen LogP contribution in [0, 0.1) is 6.92 Å². The standard InChI is InChI=1S/C21H27N5O3/c1-14-12-16(26-15(2)10-11-23-26)8-9-19(14)29-13-17-18(24-21(27)25(3)22)6-5-7-20(17)28-4/h5-10,12,23H,11,13,22H2,1-4H3,(H,24,27). The van der Waals surface area contributed by atoms with Gasteiger partial charge in [0.05, 0.1) is 24.0 Å². The Morgan fingerprint density at radius 2 is 2.07 bits per heavy atom. The molecule has 0 atom stereocenters. The van der Waals surface area contributed by atoms with Gasteiger partial charge in [0, 0.05) is 19.3 Å². The molecule has 0 fully saturated rings. The first-order valence-corrected chi connectivity index (χ1v) is 9.30. The fourth-order valence-electron chi connectivity index (χ4n) is 3.11. The Labute approximate surface area is 170 Å². The van der Waals surface area contributed by atoms with Crippen LogP contribution in [0.1, 0.15) is 18.1 Å². The van der Waals surface area contributed by atoms with E-state index in [0.29, 0.717) is 11.4 Å². The van der Waals surface area contributed by atoms with Gasteiger partial charge in [-0.05, 0) is 55.8 Å². The molecule has 2 aromatic carbocycles. The molecule has 0 aliphatic carbocycles. The number of aryl methyl sites for hydroxylation is 1. The molecular formula is C21H27N5O3. The average Bonchev–Trinajstić information content (AvgIpc) is 3.13. The van der Waals surface area contributed by atoms with E-state index in [4.69, 9.17) is 15.3 Å². The van der Waals surface area contributed by atoms with Gasteiger partial charge in [-0.3, -0.25) is 10.0 Å². The van der Waals surface area contributed by atoms with E-state index in [1.165, 1.54) is 7.05 Å². The van der Waals surface area contributed by atoms with Gasteiger partial charge in [-0.15, -0.1) is 0 Å². The fraction of sp³-hybridized carbons (Fsp3) is 0.286. The molecule has 1 heterocycles. The van der Waals surface area contributed by atoms with Crippen molar-refractivity contribution in [2.45, 2.75) is 20.5 Å². The quantitative estimate of drug-likeness (QED) is 0.394. The van der Waals surface area contributed by atoms with E-state index in [0.717, 1.165) is 39.8 Å². The number of nitrogens with one attached hydrogen (secondary N) is 2. The Morgan fingerprint density at radius 1 is 1.28 bits per heavy atom. The van der Waals surface area contributed by atoms with E-state index in [2.05, 4.69) is 29.8 Å². The van der Waals surface area contributed by atoms with Crippen molar-refractivity contribution in [2.75, 3.05) is 31.0 Å². The molecule has 0 radical (unpaired) electrons. The second kappa shape index (κ2) is 8.85. The normalized spacial score (nSPS) is 13.1. The van der Waals surface area contributed by atoms with Gasteiger partial charge in [0.25, 0.3) is 0 Å². The number of hydrazine groups is 2. The third-order valence-electron chi connectivity index (χ3n) is 4.70. The summed E-state index contributed by atoms with van der Waals surface area (Å²) in [5.41, 5.74) is 7.85. The monoisotopic (exact) mass is 397 g/mol. The summed E-state index contributed by atoms with van der Waals surface area (Å²) in [6, 6.07) is 11.0. The smallest absolute Gasteiger partial charge is 0.335 e. The minimum atomic E-state index is -0.429. The summed E-state index contributed by atoms with van der Waals surface area (Å²) in [7, 11) is 3.06. The molecule has 0 aromatic heterocycles. The molecule has 0 unspecified atom stereocenters. The number of methoxy groups -OCH3 is 1. The summed E-state index contributed by atoms with van der Waals surface area (Å²) < 4.78 is 11.5. The molecule has 2 aromatic rings. The van der Waals surface area contributed by atoms with Crippen LogP contribution in [0.3, 0.4) is 0 Å². The Balaban J connectivity index is 1.79. The molecule has 8 nitrogen and oxygen atoms in total. The van der Waals surface area contributed by atoms with Crippen LogP contribution in [0.25, 0.3) is 0 Å². The zero-order valence-electron chi connectivity index (χ0n) is 17.2. The maximum Gasteiger partial charge on any atom is 0.335 e. The summed E-state index contributed by atoms with van der Waals surface area (Å²) in [6.07, 6.45) is 2.13. The third-order valence-corrected chi connectivity index (χ3v) is 4.70. The maximum atomic E-state index is 12.0. The molecular weight excluding hydrogens is 370 g/mol. The molecule has 1 aliphatic heterocycles. The van der Waals surface area contributed by atoms with Crippen molar-refractivity contribution in [1.82, 2.24) is 10.4 Å². The van der Waals surface area contributed by atoms with E-state index in [-0.39, 0.29) is 6.61 Å². The van der Waals surface area contributed by atoms with Crippen molar-refractivity contribution in [3.63, 3.8) is 0 Å². The Kier molecular flexibility index (Phi) is 6.26. The van der Waals surface area contributed by atoms with Crippen LogP contribution in [0.5, 0.6) is 11.5 Å². The van der Waals surface area contributed by atoms with Crippen LogP contribution in [0.4, 0.5) is 16.2 Å². The number of hydrogen-bond acceptors (Lipinski definition) is 6. The fourth-order valence-corrected chi connectivity index (χ4v) is 3.11. The number of amides is 2. The topological polar surface area (TPSA) is 92.1 Å². The highest BCUT2D eigenvalue weighted by molar-refractivity contribution is 5.90. The lowest BCUT2D eigenvalue weighted by atomic mass is 10.1. The van der Waals surface area contributed by atoms with Gasteiger partial charge in [-0.25, -0.2) is 16.1 Å². The van der Waals surface area contributed by atoms with Gasteiger partial charge in [-0.1, -0.05) is 6.07 Å². The van der Waals surface area contributed by atoms with Crippen molar-refractivity contribution >= 4 is 17.4 Å². The SMILES string of the molecule is COc1cccc(NC(=O)N(C)N)c1COc1ccc(N2NCC=C2C)cc1C. The van der Waals surface area contributed by atoms with E-state index < -0.39 is 6.03 Å².